The molecule has 0 radical (unpaired) electrons. The van der Waals surface area contributed by atoms with Crippen molar-refractivity contribution in [1.82, 2.24) is 4.72 Å². The topological polar surface area (TPSA) is 72.2 Å². The van der Waals surface area contributed by atoms with Gasteiger partial charge in [-0.2, -0.15) is 11.8 Å². The SMILES string of the molecule is CSC1CCC(NS(=O)(=O)c2cc(N)cc(C)c2C)C1. The molecule has 0 aliphatic heterocycles. The normalized spacial score (nSPS) is 23.1. The molecule has 0 heterocycles. The van der Waals surface area contributed by atoms with Crippen LogP contribution in [0.1, 0.15) is 30.4 Å². The van der Waals surface area contributed by atoms with Crippen LogP contribution < -0.4 is 10.5 Å². The second-order valence-electron chi connectivity index (χ2n) is 5.45. The zero-order valence-corrected chi connectivity index (χ0v) is 13.8. The molecule has 1 aromatic rings. The second-order valence-corrected chi connectivity index (χ2v) is 8.27. The number of thioether (sulfide) groups is 1. The summed E-state index contributed by atoms with van der Waals surface area (Å²) in [5.74, 6) is 0. The molecule has 0 bridgehead atoms. The fourth-order valence-electron chi connectivity index (χ4n) is 2.68. The van der Waals surface area contributed by atoms with Crippen LogP contribution in [0.15, 0.2) is 17.0 Å². The summed E-state index contributed by atoms with van der Waals surface area (Å²) in [5.41, 5.74) is 7.94. The van der Waals surface area contributed by atoms with Gasteiger partial charge in [-0.05, 0) is 62.6 Å². The molecule has 3 N–H and O–H groups in total. The molecule has 1 fully saturated rings. The largest absolute Gasteiger partial charge is 0.399 e. The number of nitrogens with two attached hydrogens (primary N) is 1. The monoisotopic (exact) mass is 314 g/mol. The van der Waals surface area contributed by atoms with Gasteiger partial charge < -0.3 is 5.73 Å². The molecule has 2 rings (SSSR count). The number of anilines is 1. The number of rotatable bonds is 4. The Labute approximate surface area is 125 Å². The van der Waals surface area contributed by atoms with Crippen molar-refractivity contribution in [2.45, 2.75) is 49.3 Å². The predicted molar refractivity (Wildman–Crippen MR) is 85.6 cm³/mol. The highest BCUT2D eigenvalue weighted by Gasteiger charge is 2.29. The highest BCUT2D eigenvalue weighted by atomic mass is 32.2. The number of nitrogen functional groups attached to an aromatic ring is 1. The van der Waals surface area contributed by atoms with Gasteiger partial charge in [-0.25, -0.2) is 13.1 Å². The van der Waals surface area contributed by atoms with Gasteiger partial charge in [-0.1, -0.05) is 0 Å². The summed E-state index contributed by atoms with van der Waals surface area (Å²) in [6.45, 7) is 3.70. The van der Waals surface area contributed by atoms with Gasteiger partial charge in [0.2, 0.25) is 10.0 Å². The first kappa shape index (κ1) is 15.7. The number of hydrogen-bond donors (Lipinski definition) is 2. The molecule has 2 atom stereocenters. The predicted octanol–water partition coefficient (Wildman–Crippen LogP) is 2.45. The molecule has 0 aromatic heterocycles. The lowest BCUT2D eigenvalue weighted by atomic mass is 10.1. The number of sulfonamides is 1. The third kappa shape index (κ3) is 3.30. The molecule has 2 unspecified atom stereocenters. The zero-order valence-electron chi connectivity index (χ0n) is 12.1. The fraction of sp³-hybridized carbons (Fsp3) is 0.571. The van der Waals surface area contributed by atoms with E-state index in [9.17, 15) is 8.42 Å². The van der Waals surface area contributed by atoms with Gasteiger partial charge in [-0.15, -0.1) is 0 Å². The van der Waals surface area contributed by atoms with Gasteiger partial charge in [-0.3, -0.25) is 0 Å². The van der Waals surface area contributed by atoms with Crippen LogP contribution in [-0.2, 0) is 10.0 Å². The van der Waals surface area contributed by atoms with E-state index in [0.29, 0.717) is 15.8 Å². The Bertz CT molecular complexity index is 599. The molecule has 0 spiro atoms. The summed E-state index contributed by atoms with van der Waals surface area (Å²) in [4.78, 5) is 0.308. The van der Waals surface area contributed by atoms with Crippen molar-refractivity contribution < 1.29 is 8.42 Å². The Balaban J connectivity index is 2.23. The molecule has 112 valence electrons. The van der Waals surface area contributed by atoms with E-state index in [0.717, 1.165) is 30.4 Å². The van der Waals surface area contributed by atoms with Crippen LogP contribution in [0, 0.1) is 13.8 Å². The van der Waals surface area contributed by atoms with Crippen LogP contribution in [0.3, 0.4) is 0 Å². The Morgan fingerprint density at radius 3 is 2.60 bits per heavy atom. The van der Waals surface area contributed by atoms with Gasteiger partial charge >= 0.3 is 0 Å². The molecule has 0 amide bonds. The Hall–Kier alpha value is -0.720. The summed E-state index contributed by atoms with van der Waals surface area (Å²) in [7, 11) is -3.49. The Kier molecular flexibility index (Phi) is 4.66. The van der Waals surface area contributed by atoms with E-state index in [1.807, 2.05) is 25.6 Å². The molecule has 6 heteroatoms. The smallest absolute Gasteiger partial charge is 0.241 e. The number of hydrogen-bond acceptors (Lipinski definition) is 4. The van der Waals surface area contributed by atoms with E-state index in [-0.39, 0.29) is 6.04 Å². The van der Waals surface area contributed by atoms with Crippen molar-refractivity contribution in [1.29, 1.82) is 0 Å². The van der Waals surface area contributed by atoms with E-state index >= 15 is 0 Å². The lowest BCUT2D eigenvalue weighted by Crippen LogP contribution is -2.33. The lowest BCUT2D eigenvalue weighted by Gasteiger charge is -2.16. The first-order chi connectivity index (χ1) is 9.33. The summed E-state index contributed by atoms with van der Waals surface area (Å²) in [6, 6.07) is 3.39. The highest BCUT2D eigenvalue weighted by Crippen LogP contribution is 2.30. The van der Waals surface area contributed by atoms with E-state index in [2.05, 4.69) is 11.0 Å². The molecule has 0 saturated heterocycles. The number of benzene rings is 1. The van der Waals surface area contributed by atoms with E-state index in [1.54, 1.807) is 12.1 Å². The zero-order chi connectivity index (χ0) is 14.9. The first-order valence-corrected chi connectivity index (χ1v) is 9.52. The van der Waals surface area contributed by atoms with Crippen LogP contribution in [0.5, 0.6) is 0 Å². The summed E-state index contributed by atoms with van der Waals surface area (Å²) >= 11 is 1.81. The van der Waals surface area contributed by atoms with Crippen molar-refractivity contribution >= 4 is 27.5 Å². The van der Waals surface area contributed by atoms with Crippen molar-refractivity contribution in [3.05, 3.63) is 23.3 Å². The lowest BCUT2D eigenvalue weighted by molar-refractivity contribution is 0.552. The number of aryl methyl sites for hydroxylation is 1. The molecule has 1 saturated carbocycles. The molecule has 1 aromatic carbocycles. The minimum absolute atomic E-state index is 0.0404. The highest BCUT2D eigenvalue weighted by molar-refractivity contribution is 7.99. The third-order valence-corrected chi connectivity index (χ3v) is 6.71. The quantitative estimate of drug-likeness (QED) is 0.837. The van der Waals surface area contributed by atoms with Crippen LogP contribution >= 0.6 is 11.8 Å². The summed E-state index contributed by atoms with van der Waals surface area (Å²) < 4.78 is 27.9. The van der Waals surface area contributed by atoms with Crippen molar-refractivity contribution in [3.63, 3.8) is 0 Å². The maximum absolute atomic E-state index is 12.5. The van der Waals surface area contributed by atoms with Crippen LogP contribution in [0.25, 0.3) is 0 Å². The minimum Gasteiger partial charge on any atom is -0.399 e. The third-order valence-electron chi connectivity index (χ3n) is 3.97. The minimum atomic E-state index is -3.49. The van der Waals surface area contributed by atoms with Crippen LogP contribution in [0.4, 0.5) is 5.69 Å². The maximum Gasteiger partial charge on any atom is 0.241 e. The van der Waals surface area contributed by atoms with Gasteiger partial charge in [0, 0.05) is 17.0 Å². The second kappa shape index (κ2) is 5.95. The van der Waals surface area contributed by atoms with E-state index in [1.165, 1.54) is 0 Å². The first-order valence-electron chi connectivity index (χ1n) is 6.75. The molecule has 20 heavy (non-hydrogen) atoms. The van der Waals surface area contributed by atoms with Gasteiger partial charge in [0.05, 0.1) is 4.90 Å². The van der Waals surface area contributed by atoms with Crippen molar-refractivity contribution in [2.75, 3.05) is 12.0 Å². The number of nitrogens with one attached hydrogen (secondary N) is 1. The Morgan fingerprint density at radius 1 is 1.30 bits per heavy atom. The van der Waals surface area contributed by atoms with E-state index in [4.69, 9.17) is 5.73 Å². The molecule has 1 aliphatic rings. The van der Waals surface area contributed by atoms with Gasteiger partial charge in [0.1, 0.15) is 0 Å². The average molecular weight is 314 g/mol. The van der Waals surface area contributed by atoms with Crippen LogP contribution in [-0.4, -0.2) is 26.0 Å². The summed E-state index contributed by atoms with van der Waals surface area (Å²) in [6.07, 6.45) is 4.96. The molecular weight excluding hydrogens is 292 g/mol. The van der Waals surface area contributed by atoms with Crippen LogP contribution in [0.2, 0.25) is 0 Å². The van der Waals surface area contributed by atoms with Crippen molar-refractivity contribution in [2.24, 2.45) is 0 Å². The van der Waals surface area contributed by atoms with Crippen molar-refractivity contribution in [3.8, 4) is 0 Å². The molecule has 4 nitrogen and oxygen atoms in total. The van der Waals surface area contributed by atoms with Gasteiger partial charge in [0.15, 0.2) is 0 Å². The molecule has 1 aliphatic carbocycles. The average Bonchev–Trinajstić information content (AvgIpc) is 2.80. The van der Waals surface area contributed by atoms with Gasteiger partial charge in [0.25, 0.3) is 0 Å². The Morgan fingerprint density at radius 2 is 2.00 bits per heavy atom. The fourth-order valence-corrected chi connectivity index (χ4v) is 5.11. The maximum atomic E-state index is 12.5. The summed E-state index contributed by atoms with van der Waals surface area (Å²) in [5, 5.41) is 0.561. The molecular formula is C14H22N2O2S2. The van der Waals surface area contributed by atoms with E-state index < -0.39 is 10.0 Å². The standard InChI is InChI=1S/C14H22N2O2S2/c1-9-6-11(15)7-14(10(9)2)20(17,18)16-12-4-5-13(8-12)19-3/h6-7,12-13,16H,4-5,8,15H2,1-3H3.